The lowest BCUT2D eigenvalue weighted by molar-refractivity contribution is -1.01. The van der Waals surface area contributed by atoms with Gasteiger partial charge in [-0.15, -0.1) is 0 Å². The van der Waals surface area contributed by atoms with Crippen molar-refractivity contribution in [3.8, 4) is 0 Å². The molecule has 2 unspecified atom stereocenters. The summed E-state index contributed by atoms with van der Waals surface area (Å²) in [5.41, 5.74) is 1.98. The molecule has 36 heavy (non-hydrogen) atoms. The Morgan fingerprint density at radius 1 is 1.00 bits per heavy atom. The molecule has 1 aromatic carbocycles. The quantitative estimate of drug-likeness (QED) is 0.473. The minimum absolute atomic E-state index is 0.0651. The van der Waals surface area contributed by atoms with Crippen LogP contribution in [0.3, 0.4) is 0 Å². The third-order valence-corrected chi connectivity index (χ3v) is 10.0. The third-order valence-electron chi connectivity index (χ3n) is 10.0. The summed E-state index contributed by atoms with van der Waals surface area (Å²) in [6.07, 6.45) is 10.2. The largest absolute Gasteiger partial charge is 0.469 e. The molecule has 192 valence electrons. The fraction of sp³-hybridized carbons (Fsp3) is 0.655. The second-order valence-corrected chi connectivity index (χ2v) is 12.8. The summed E-state index contributed by atoms with van der Waals surface area (Å²) in [5.74, 6) is 1.47. The van der Waals surface area contributed by atoms with E-state index in [0.717, 1.165) is 60.9 Å². The van der Waals surface area contributed by atoms with Gasteiger partial charge in [0, 0.05) is 30.5 Å². The van der Waals surface area contributed by atoms with Crippen LogP contribution in [0.2, 0.25) is 0 Å². The smallest absolute Gasteiger partial charge is 0.346 e. The molecule has 1 N–H and O–H groups in total. The predicted molar refractivity (Wildman–Crippen MR) is 138 cm³/mol. The van der Waals surface area contributed by atoms with E-state index in [0.29, 0.717) is 27.9 Å². The topological polar surface area (TPSA) is 81.2 Å². The molecule has 7 nitrogen and oxygen atoms in total. The van der Waals surface area contributed by atoms with Crippen LogP contribution >= 0.6 is 0 Å². The van der Waals surface area contributed by atoms with E-state index in [1.165, 1.54) is 20.0 Å². The van der Waals surface area contributed by atoms with Crippen molar-refractivity contribution < 1.29 is 18.8 Å². The van der Waals surface area contributed by atoms with Crippen LogP contribution in [0.15, 0.2) is 24.4 Å². The van der Waals surface area contributed by atoms with Crippen LogP contribution in [-0.4, -0.2) is 57.6 Å². The average Bonchev–Trinajstić information content (AvgIpc) is 2.83. The molecule has 7 heteroatoms. The Balaban J connectivity index is 1.16. The van der Waals surface area contributed by atoms with Crippen molar-refractivity contribution in [2.45, 2.75) is 96.3 Å². The van der Waals surface area contributed by atoms with Gasteiger partial charge in [0.2, 0.25) is 5.95 Å². The third kappa shape index (κ3) is 3.65. The van der Waals surface area contributed by atoms with Crippen molar-refractivity contribution >= 4 is 28.7 Å². The van der Waals surface area contributed by atoms with Gasteiger partial charge >= 0.3 is 11.9 Å². The van der Waals surface area contributed by atoms with Gasteiger partial charge < -0.3 is 10.1 Å². The molecule has 4 fully saturated rings. The molecule has 3 saturated heterocycles. The van der Waals surface area contributed by atoms with E-state index >= 15 is 0 Å². The highest BCUT2D eigenvalue weighted by atomic mass is 16.5. The van der Waals surface area contributed by atoms with Gasteiger partial charge in [0.25, 0.3) is 0 Å². The molecule has 2 aromatic rings. The lowest BCUT2D eigenvalue weighted by Gasteiger charge is -2.70. The Morgan fingerprint density at radius 2 is 1.67 bits per heavy atom. The van der Waals surface area contributed by atoms with Gasteiger partial charge in [0.15, 0.2) is 0 Å². The van der Waals surface area contributed by atoms with Crippen molar-refractivity contribution in [1.29, 1.82) is 0 Å². The van der Waals surface area contributed by atoms with Crippen LogP contribution in [0.1, 0.15) is 82.5 Å². The number of benzene rings is 1. The molecular formula is C29H39N4O3+. The summed E-state index contributed by atoms with van der Waals surface area (Å²) in [5, 5.41) is 4.45. The van der Waals surface area contributed by atoms with E-state index in [1.807, 2.05) is 24.4 Å². The first-order valence-electron chi connectivity index (χ1n) is 13.7. The zero-order valence-electron chi connectivity index (χ0n) is 22.0. The van der Waals surface area contributed by atoms with Crippen LogP contribution in [-0.2, 0) is 9.53 Å². The molecule has 0 bridgehead atoms. The Hall–Kier alpha value is -2.54. The highest BCUT2D eigenvalue weighted by Crippen LogP contribution is 2.58. The number of nitrogens with one attached hydrogen (secondary N) is 1. The Labute approximate surface area is 213 Å². The number of esters is 1. The summed E-state index contributed by atoms with van der Waals surface area (Å²) in [6.45, 7) is 7.03. The highest BCUT2D eigenvalue weighted by Gasteiger charge is 2.74. The Bertz CT molecular complexity index is 1180. The number of nitrogens with zero attached hydrogens (tertiary/aromatic N) is 3. The first-order chi connectivity index (χ1) is 17.2. The van der Waals surface area contributed by atoms with E-state index in [-0.39, 0.29) is 29.9 Å². The van der Waals surface area contributed by atoms with Crippen LogP contribution in [0, 0.1) is 17.3 Å². The lowest BCUT2D eigenvalue weighted by atomic mass is 9.62. The molecule has 4 heterocycles. The number of amides is 1. The van der Waals surface area contributed by atoms with Crippen LogP contribution in [0.4, 0.5) is 5.95 Å². The van der Waals surface area contributed by atoms with Gasteiger partial charge in [0.05, 0.1) is 36.9 Å². The molecule has 6 rings (SSSR count). The number of hydrogen-bond acceptors (Lipinski definition) is 6. The molecular weight excluding hydrogens is 452 g/mol. The van der Waals surface area contributed by atoms with Gasteiger partial charge in [-0.25, -0.2) is 19.2 Å². The lowest BCUT2D eigenvalue weighted by Crippen LogP contribution is -2.87. The SMILES string of the molecule is COC(=O)C1CC2CC3CC(C1)[N+]23C(=O)c1ccc2nc(NC3CCC(C(C)(C)C)CC3)ncc2c1. The maximum absolute atomic E-state index is 13.8. The monoisotopic (exact) mass is 491 g/mol. The average molecular weight is 492 g/mol. The van der Waals surface area contributed by atoms with Gasteiger partial charge in [-0.05, 0) is 55.2 Å². The molecule has 1 amide bonds. The van der Waals surface area contributed by atoms with Crippen molar-refractivity contribution in [2.75, 3.05) is 12.4 Å². The van der Waals surface area contributed by atoms with E-state index in [2.05, 4.69) is 31.1 Å². The molecule has 1 aromatic heterocycles. The second-order valence-electron chi connectivity index (χ2n) is 12.8. The number of ether oxygens (including phenoxy) is 1. The summed E-state index contributed by atoms with van der Waals surface area (Å²) < 4.78 is 5.57. The number of hydrogen-bond donors (Lipinski definition) is 1. The maximum Gasteiger partial charge on any atom is 0.346 e. The fourth-order valence-electron chi connectivity index (χ4n) is 7.94. The van der Waals surface area contributed by atoms with Gasteiger partial charge in [-0.2, -0.15) is 0 Å². The van der Waals surface area contributed by atoms with Crippen LogP contribution in [0.25, 0.3) is 10.9 Å². The number of carbonyl (C=O) groups excluding carboxylic acids is 2. The molecule has 0 spiro atoms. The Morgan fingerprint density at radius 3 is 2.28 bits per heavy atom. The summed E-state index contributed by atoms with van der Waals surface area (Å²) in [7, 11) is 1.46. The maximum atomic E-state index is 13.8. The number of methoxy groups -OCH3 is 1. The number of rotatable bonds is 4. The molecule has 4 aliphatic rings. The first-order valence-corrected chi connectivity index (χ1v) is 13.7. The van der Waals surface area contributed by atoms with E-state index in [1.54, 1.807) is 0 Å². The Kier molecular flexibility index (Phi) is 5.63. The number of quaternary nitrogens is 1. The zero-order chi connectivity index (χ0) is 25.2. The fourth-order valence-corrected chi connectivity index (χ4v) is 7.94. The summed E-state index contributed by atoms with van der Waals surface area (Å²) in [4.78, 5) is 35.4. The minimum atomic E-state index is -0.120. The van der Waals surface area contributed by atoms with Crippen molar-refractivity contribution in [3.63, 3.8) is 0 Å². The van der Waals surface area contributed by atoms with Crippen LogP contribution < -0.4 is 5.32 Å². The van der Waals surface area contributed by atoms with Gasteiger partial charge in [0.1, 0.15) is 18.1 Å². The standard InChI is InChI=1S/C29H38N4O3/c1-29(2,3)20-6-8-21(9-7-20)31-28-30-16-19-11-17(5-10-25(19)32-28)26(34)33-22-12-18(27(35)36-4)13-23(33)15-24(33)14-22/h5,10-11,16,18,20-24H,6-9,12-15H2,1-4H3/p+1. The number of fused-ring (bicyclic) bond motifs is 1. The van der Waals surface area contributed by atoms with Crippen molar-refractivity contribution in [1.82, 2.24) is 9.97 Å². The van der Waals surface area contributed by atoms with E-state index in [4.69, 9.17) is 9.72 Å². The normalized spacial score (nSPS) is 35.2. The highest BCUT2D eigenvalue weighted by molar-refractivity contribution is 5.95. The first kappa shape index (κ1) is 23.8. The number of piperidine rings is 2. The number of carbonyl (C=O) groups is 2. The number of aromatic nitrogens is 2. The molecule has 1 saturated carbocycles. The molecule has 3 aliphatic heterocycles. The molecule has 2 atom stereocenters. The number of anilines is 1. The van der Waals surface area contributed by atoms with Gasteiger partial charge in [-0.1, -0.05) is 20.8 Å². The molecule has 1 aliphatic carbocycles. The van der Waals surface area contributed by atoms with E-state index in [9.17, 15) is 9.59 Å². The molecule has 0 radical (unpaired) electrons. The van der Waals surface area contributed by atoms with Crippen LogP contribution in [0.5, 0.6) is 0 Å². The van der Waals surface area contributed by atoms with Gasteiger partial charge in [-0.3, -0.25) is 4.79 Å². The zero-order valence-corrected chi connectivity index (χ0v) is 22.0. The summed E-state index contributed by atoms with van der Waals surface area (Å²) >= 11 is 0. The predicted octanol–water partition coefficient (Wildman–Crippen LogP) is 5.10. The van der Waals surface area contributed by atoms with E-state index < -0.39 is 0 Å². The van der Waals surface area contributed by atoms with Crippen molar-refractivity contribution in [3.05, 3.63) is 30.0 Å². The second kappa shape index (κ2) is 8.51. The minimum Gasteiger partial charge on any atom is -0.469 e. The summed E-state index contributed by atoms with van der Waals surface area (Å²) in [6, 6.07) is 7.18. The van der Waals surface area contributed by atoms with Crippen molar-refractivity contribution in [2.24, 2.45) is 17.3 Å².